The quantitative estimate of drug-likeness (QED) is 0.463. The average molecular weight is 353 g/mol. The summed E-state index contributed by atoms with van der Waals surface area (Å²) < 4.78 is 2.95. The van der Waals surface area contributed by atoms with Crippen LogP contribution in [0.1, 0.15) is 34.6 Å². The average Bonchev–Trinajstić information content (AvgIpc) is 2.10. The van der Waals surface area contributed by atoms with Crippen LogP contribution in [0.3, 0.4) is 0 Å². The normalized spacial score (nSPS) is 15.3. The first-order chi connectivity index (χ1) is 7.65. The number of alkyl halides is 1. The molecule has 1 nitrogen and oxygen atoms in total. The third kappa shape index (κ3) is 4.76. The Hall–Kier alpha value is 0.874. The fraction of sp³-hybridized carbons (Fsp3) is 1.00. The van der Waals surface area contributed by atoms with Crippen molar-refractivity contribution in [3.8, 4) is 0 Å². The van der Waals surface area contributed by atoms with Crippen LogP contribution in [0.15, 0.2) is 0 Å². The predicted molar refractivity (Wildman–Crippen MR) is 94.8 cm³/mol. The van der Waals surface area contributed by atoms with Crippen LogP contribution in [0.5, 0.6) is 0 Å². The van der Waals surface area contributed by atoms with E-state index in [0.29, 0.717) is 10.5 Å². The van der Waals surface area contributed by atoms with E-state index in [-0.39, 0.29) is 0 Å². The Morgan fingerprint density at radius 2 is 1.28 bits per heavy atom. The molecule has 0 aliphatic heterocycles. The Morgan fingerprint density at radius 1 is 0.889 bits per heavy atom. The van der Waals surface area contributed by atoms with Gasteiger partial charge in [-0.15, -0.1) is 0 Å². The molecule has 0 saturated heterocycles. The van der Waals surface area contributed by atoms with Gasteiger partial charge < -0.3 is 4.23 Å². The lowest BCUT2D eigenvalue weighted by atomic mass is 9.98. The minimum atomic E-state index is -1.42. The van der Waals surface area contributed by atoms with Crippen LogP contribution >= 0.6 is 15.9 Å². The Labute approximate surface area is 126 Å². The maximum atomic E-state index is 3.69. The minimum Gasteiger partial charge on any atom is -0.345 e. The van der Waals surface area contributed by atoms with Gasteiger partial charge in [-0.05, 0) is 17.0 Å². The summed E-state index contributed by atoms with van der Waals surface area (Å²) in [5, 5.41) is 1.51. The summed E-state index contributed by atoms with van der Waals surface area (Å²) >= 11 is 3.69. The van der Waals surface area contributed by atoms with Gasteiger partial charge in [-0.25, -0.2) is 0 Å². The van der Waals surface area contributed by atoms with Gasteiger partial charge in [0, 0.05) is 5.33 Å². The Bertz CT molecular complexity index is 274. The van der Waals surface area contributed by atoms with E-state index in [1.165, 1.54) is 6.54 Å². The first-order valence-corrected chi connectivity index (χ1v) is 14.5. The van der Waals surface area contributed by atoms with E-state index in [9.17, 15) is 0 Å². The molecule has 0 fully saturated rings. The maximum absolute atomic E-state index is 3.69. The van der Waals surface area contributed by atoms with Crippen molar-refractivity contribution in [3.63, 3.8) is 0 Å². The van der Waals surface area contributed by atoms with Crippen LogP contribution in [0.2, 0.25) is 37.8 Å². The van der Waals surface area contributed by atoms with Gasteiger partial charge in [0.2, 0.25) is 0 Å². The SMILES string of the molecule is CC(C)(CBr)CN([Si](C)(C)C)[Si](C)(C)C(C)(C)C. The summed E-state index contributed by atoms with van der Waals surface area (Å²) in [4.78, 5) is 0. The highest BCUT2D eigenvalue weighted by Crippen LogP contribution is 2.41. The molecule has 0 bridgehead atoms. The summed E-state index contributed by atoms with van der Waals surface area (Å²) in [6.07, 6.45) is 0. The van der Waals surface area contributed by atoms with Gasteiger partial charge in [-0.3, -0.25) is 0 Å². The molecule has 0 aromatic rings. The monoisotopic (exact) mass is 351 g/mol. The summed E-state index contributed by atoms with van der Waals surface area (Å²) in [7, 11) is -2.71. The number of rotatable bonds is 5. The Morgan fingerprint density at radius 3 is 1.50 bits per heavy atom. The van der Waals surface area contributed by atoms with Gasteiger partial charge in [0.05, 0.1) is 0 Å². The Balaban J connectivity index is 5.41. The van der Waals surface area contributed by atoms with E-state index < -0.39 is 16.5 Å². The van der Waals surface area contributed by atoms with Crippen molar-refractivity contribution < 1.29 is 0 Å². The number of hydrogen-bond acceptors (Lipinski definition) is 1. The van der Waals surface area contributed by atoms with Crippen molar-refractivity contribution in [2.45, 2.75) is 72.4 Å². The summed E-state index contributed by atoms with van der Waals surface area (Å²) in [6, 6.07) is 0. The van der Waals surface area contributed by atoms with E-state index >= 15 is 0 Å². The standard InChI is InChI=1S/C14H34BrNSi2/c1-13(2,3)18(9,10)16(17(6,7)8)12-14(4,5)11-15/h11-12H2,1-10H3. The zero-order valence-corrected chi connectivity index (χ0v) is 17.8. The molecule has 0 aliphatic rings. The molecule has 0 aromatic carbocycles. The molecule has 0 heterocycles. The highest BCUT2D eigenvalue weighted by Gasteiger charge is 2.46. The zero-order chi connectivity index (χ0) is 15.0. The zero-order valence-electron chi connectivity index (χ0n) is 14.2. The van der Waals surface area contributed by atoms with Crippen molar-refractivity contribution in [2.24, 2.45) is 5.41 Å². The van der Waals surface area contributed by atoms with Crippen LogP contribution in [0, 0.1) is 5.41 Å². The maximum Gasteiger partial charge on any atom is 0.120 e. The predicted octanol–water partition coefficient (Wildman–Crippen LogP) is 5.55. The highest BCUT2D eigenvalue weighted by atomic mass is 79.9. The van der Waals surface area contributed by atoms with Crippen LogP contribution in [0.4, 0.5) is 0 Å². The Kier molecular flexibility index (Phi) is 5.98. The molecule has 0 N–H and O–H groups in total. The molecular weight excluding hydrogens is 318 g/mol. The van der Waals surface area contributed by atoms with E-state index in [0.717, 1.165) is 5.33 Å². The van der Waals surface area contributed by atoms with Crippen molar-refractivity contribution >= 4 is 32.4 Å². The van der Waals surface area contributed by atoms with Gasteiger partial charge >= 0.3 is 0 Å². The number of hydrogen-bond donors (Lipinski definition) is 0. The molecule has 18 heavy (non-hydrogen) atoms. The van der Waals surface area contributed by atoms with Gasteiger partial charge in [0.15, 0.2) is 0 Å². The number of halogens is 1. The molecule has 110 valence electrons. The smallest absolute Gasteiger partial charge is 0.120 e. The molecular formula is C14H34BrNSi2. The first kappa shape index (κ1) is 18.9. The minimum absolute atomic E-state index is 0.357. The fourth-order valence-corrected chi connectivity index (χ4v) is 12.6. The molecule has 0 amide bonds. The third-order valence-electron chi connectivity index (χ3n) is 4.27. The van der Waals surface area contributed by atoms with E-state index in [4.69, 9.17) is 0 Å². The summed E-state index contributed by atoms with van der Waals surface area (Å²) in [6.45, 7) is 25.8. The molecule has 0 saturated carbocycles. The lowest BCUT2D eigenvalue weighted by Crippen LogP contribution is -2.66. The highest BCUT2D eigenvalue weighted by molar-refractivity contribution is 9.09. The van der Waals surface area contributed by atoms with E-state index in [1.54, 1.807) is 0 Å². The fourth-order valence-electron chi connectivity index (χ4n) is 2.15. The molecule has 4 heteroatoms. The lowest BCUT2D eigenvalue weighted by Gasteiger charge is -2.54. The molecule has 0 atom stereocenters. The van der Waals surface area contributed by atoms with Crippen molar-refractivity contribution in [3.05, 3.63) is 0 Å². The topological polar surface area (TPSA) is 3.24 Å². The first-order valence-electron chi connectivity index (χ1n) is 6.99. The van der Waals surface area contributed by atoms with Crippen molar-refractivity contribution in [1.29, 1.82) is 0 Å². The second kappa shape index (κ2) is 5.70. The molecule has 0 radical (unpaired) electrons. The second-order valence-corrected chi connectivity index (χ2v) is 19.9. The molecule has 0 unspecified atom stereocenters. The summed E-state index contributed by atoms with van der Waals surface area (Å²) in [5.74, 6) is 0. The van der Waals surface area contributed by atoms with Crippen molar-refractivity contribution in [1.82, 2.24) is 4.23 Å². The van der Waals surface area contributed by atoms with Crippen LogP contribution in [-0.4, -0.2) is 32.6 Å². The van der Waals surface area contributed by atoms with Gasteiger partial charge in [-0.2, -0.15) is 0 Å². The number of nitrogens with zero attached hydrogens (tertiary/aromatic N) is 1. The lowest BCUT2D eigenvalue weighted by molar-refractivity contribution is 0.345. The molecule has 0 rings (SSSR count). The third-order valence-corrected chi connectivity index (χ3v) is 16.4. The molecule has 0 aromatic heterocycles. The van der Waals surface area contributed by atoms with Crippen LogP contribution < -0.4 is 0 Å². The van der Waals surface area contributed by atoms with E-state index in [2.05, 4.69) is 87.5 Å². The van der Waals surface area contributed by atoms with E-state index in [1.807, 2.05) is 0 Å². The van der Waals surface area contributed by atoms with Gasteiger partial charge in [-0.1, -0.05) is 83.3 Å². The molecule has 0 aliphatic carbocycles. The second-order valence-electron chi connectivity index (χ2n) is 8.86. The van der Waals surface area contributed by atoms with Crippen LogP contribution in [-0.2, 0) is 0 Å². The summed E-state index contributed by atoms with van der Waals surface area (Å²) in [5.41, 5.74) is 0.357. The largest absolute Gasteiger partial charge is 0.345 e. The van der Waals surface area contributed by atoms with Crippen molar-refractivity contribution in [2.75, 3.05) is 11.9 Å². The van der Waals surface area contributed by atoms with Gasteiger partial charge in [0.25, 0.3) is 0 Å². The molecule has 0 spiro atoms. The van der Waals surface area contributed by atoms with Crippen LogP contribution in [0.25, 0.3) is 0 Å². The van der Waals surface area contributed by atoms with Gasteiger partial charge in [0.1, 0.15) is 16.5 Å².